The minimum absolute atomic E-state index is 0.434. The zero-order chi connectivity index (χ0) is 13.9. The molecule has 5 nitrogen and oxygen atoms in total. The molecule has 5 heteroatoms. The third-order valence-electron chi connectivity index (χ3n) is 3.67. The molecule has 0 radical (unpaired) electrons. The molecule has 3 rings (SSSR count). The van der Waals surface area contributed by atoms with E-state index in [9.17, 15) is 4.79 Å². The highest BCUT2D eigenvalue weighted by Gasteiger charge is 2.16. The number of nitrogens with one attached hydrogen (secondary N) is 2. The first-order valence-electron chi connectivity index (χ1n) is 6.91. The number of hydrogen-bond donors (Lipinski definition) is 3. The highest BCUT2D eigenvalue weighted by molar-refractivity contribution is 6.01. The molecule has 0 bridgehead atoms. The Labute approximate surface area is 117 Å². The van der Waals surface area contributed by atoms with E-state index < -0.39 is 5.91 Å². The van der Waals surface area contributed by atoms with Crippen molar-refractivity contribution in [2.45, 2.75) is 18.9 Å². The second-order valence-corrected chi connectivity index (χ2v) is 5.12. The maximum atomic E-state index is 11.6. The Kier molecular flexibility index (Phi) is 3.52. The molecule has 2 aromatic rings. The van der Waals surface area contributed by atoms with Crippen molar-refractivity contribution in [3.8, 4) is 0 Å². The van der Waals surface area contributed by atoms with Crippen molar-refractivity contribution in [1.82, 2.24) is 10.3 Å². The first-order chi connectivity index (χ1) is 9.74. The van der Waals surface area contributed by atoms with E-state index in [1.54, 1.807) is 6.07 Å². The van der Waals surface area contributed by atoms with Crippen LogP contribution in [0.2, 0.25) is 0 Å². The van der Waals surface area contributed by atoms with Crippen LogP contribution in [0.15, 0.2) is 30.3 Å². The number of aromatic nitrogens is 1. The van der Waals surface area contributed by atoms with Crippen LogP contribution in [0, 0.1) is 0 Å². The van der Waals surface area contributed by atoms with Gasteiger partial charge in [-0.15, -0.1) is 0 Å². The minimum Gasteiger partial charge on any atom is -0.368 e. The van der Waals surface area contributed by atoms with Gasteiger partial charge < -0.3 is 16.4 Å². The molecule has 4 N–H and O–H groups in total. The lowest BCUT2D eigenvalue weighted by atomic mass is 10.1. The summed E-state index contributed by atoms with van der Waals surface area (Å²) in [5.41, 5.74) is 6.76. The second-order valence-electron chi connectivity index (χ2n) is 5.12. The minimum atomic E-state index is -0.454. The lowest BCUT2D eigenvalue weighted by Crippen LogP contribution is -2.30. The van der Waals surface area contributed by atoms with Crippen molar-refractivity contribution in [3.63, 3.8) is 0 Å². The van der Waals surface area contributed by atoms with Crippen molar-refractivity contribution in [2.75, 3.05) is 18.4 Å². The standard InChI is InChI=1S/C15H18N4O/c16-14(20)12-8-10-4-1-2-6-13(10)19-15(12)18-9-11-5-3-7-17-11/h1-2,4,6,8,11,17H,3,5,7,9H2,(H2,16,20)(H,18,19). The lowest BCUT2D eigenvalue weighted by molar-refractivity contribution is 0.100. The normalized spacial score (nSPS) is 18.3. The number of rotatable bonds is 4. The summed E-state index contributed by atoms with van der Waals surface area (Å²) in [5.74, 6) is 0.120. The van der Waals surface area contributed by atoms with E-state index in [0.29, 0.717) is 17.4 Å². The number of nitrogens with zero attached hydrogens (tertiary/aromatic N) is 1. The van der Waals surface area contributed by atoms with Gasteiger partial charge in [0, 0.05) is 18.0 Å². The van der Waals surface area contributed by atoms with Gasteiger partial charge in [-0.3, -0.25) is 4.79 Å². The number of primary amides is 1. The number of fused-ring (bicyclic) bond motifs is 1. The summed E-state index contributed by atoms with van der Waals surface area (Å²) >= 11 is 0. The van der Waals surface area contributed by atoms with Crippen LogP contribution in [0.3, 0.4) is 0 Å². The number of nitrogens with two attached hydrogens (primary N) is 1. The zero-order valence-electron chi connectivity index (χ0n) is 11.2. The fraction of sp³-hybridized carbons (Fsp3) is 0.333. The largest absolute Gasteiger partial charge is 0.368 e. The molecular formula is C15H18N4O. The van der Waals surface area contributed by atoms with Crippen LogP contribution in [-0.4, -0.2) is 30.0 Å². The predicted octanol–water partition coefficient (Wildman–Crippen LogP) is 1.50. The van der Waals surface area contributed by atoms with Crippen LogP contribution in [0.25, 0.3) is 10.9 Å². The first-order valence-corrected chi connectivity index (χ1v) is 6.91. The van der Waals surface area contributed by atoms with Crippen LogP contribution < -0.4 is 16.4 Å². The van der Waals surface area contributed by atoms with Gasteiger partial charge in [0.05, 0.1) is 11.1 Å². The van der Waals surface area contributed by atoms with Crippen molar-refractivity contribution in [3.05, 3.63) is 35.9 Å². The Balaban J connectivity index is 1.90. The highest BCUT2D eigenvalue weighted by Crippen LogP contribution is 2.20. The molecular weight excluding hydrogens is 252 g/mol. The predicted molar refractivity (Wildman–Crippen MR) is 79.8 cm³/mol. The van der Waals surface area contributed by atoms with Gasteiger partial charge in [-0.05, 0) is 31.5 Å². The van der Waals surface area contributed by atoms with Gasteiger partial charge in [0.1, 0.15) is 5.82 Å². The molecule has 1 saturated heterocycles. The fourth-order valence-corrected chi connectivity index (χ4v) is 2.59. The number of para-hydroxylation sites is 1. The third-order valence-corrected chi connectivity index (χ3v) is 3.67. The van der Waals surface area contributed by atoms with Crippen LogP contribution >= 0.6 is 0 Å². The molecule has 1 aromatic heterocycles. The van der Waals surface area contributed by atoms with E-state index in [4.69, 9.17) is 5.73 Å². The Hall–Kier alpha value is -2.14. The van der Waals surface area contributed by atoms with Gasteiger partial charge in [-0.25, -0.2) is 4.98 Å². The van der Waals surface area contributed by atoms with Crippen molar-refractivity contribution < 1.29 is 4.79 Å². The van der Waals surface area contributed by atoms with E-state index in [0.717, 1.165) is 30.4 Å². The topological polar surface area (TPSA) is 80.0 Å². The van der Waals surface area contributed by atoms with Crippen molar-refractivity contribution >= 4 is 22.6 Å². The molecule has 1 aliphatic rings. The molecule has 0 aliphatic carbocycles. The number of carbonyl (C=O) groups is 1. The van der Waals surface area contributed by atoms with Gasteiger partial charge in [-0.1, -0.05) is 18.2 Å². The van der Waals surface area contributed by atoms with Crippen LogP contribution in [0.5, 0.6) is 0 Å². The molecule has 1 atom stereocenters. The highest BCUT2D eigenvalue weighted by atomic mass is 16.1. The van der Waals surface area contributed by atoms with Gasteiger partial charge in [0.15, 0.2) is 0 Å². The number of pyridine rings is 1. The summed E-state index contributed by atoms with van der Waals surface area (Å²) in [5, 5.41) is 7.58. The summed E-state index contributed by atoms with van der Waals surface area (Å²) in [4.78, 5) is 16.1. The zero-order valence-corrected chi connectivity index (χ0v) is 11.2. The molecule has 0 spiro atoms. The fourth-order valence-electron chi connectivity index (χ4n) is 2.59. The molecule has 1 aliphatic heterocycles. The third kappa shape index (κ3) is 2.58. The number of hydrogen-bond acceptors (Lipinski definition) is 4. The number of benzene rings is 1. The molecule has 1 amide bonds. The molecule has 0 saturated carbocycles. The SMILES string of the molecule is NC(=O)c1cc2ccccc2nc1NCC1CCCN1. The van der Waals surface area contributed by atoms with Crippen molar-refractivity contribution in [2.24, 2.45) is 5.73 Å². The van der Waals surface area contributed by atoms with Crippen LogP contribution in [0.1, 0.15) is 23.2 Å². The van der Waals surface area contributed by atoms with Gasteiger partial charge in [0.25, 0.3) is 5.91 Å². The molecule has 2 heterocycles. The van der Waals surface area contributed by atoms with E-state index >= 15 is 0 Å². The molecule has 1 unspecified atom stereocenters. The molecule has 1 fully saturated rings. The van der Waals surface area contributed by atoms with Gasteiger partial charge in [-0.2, -0.15) is 0 Å². The number of anilines is 1. The average molecular weight is 270 g/mol. The Morgan fingerprint density at radius 1 is 1.45 bits per heavy atom. The van der Waals surface area contributed by atoms with E-state index in [-0.39, 0.29) is 0 Å². The van der Waals surface area contributed by atoms with Crippen molar-refractivity contribution in [1.29, 1.82) is 0 Å². The quantitative estimate of drug-likeness (QED) is 0.786. The van der Waals surface area contributed by atoms with Gasteiger partial charge >= 0.3 is 0 Å². The van der Waals surface area contributed by atoms with E-state index in [1.165, 1.54) is 6.42 Å². The number of amides is 1. The smallest absolute Gasteiger partial charge is 0.252 e. The lowest BCUT2D eigenvalue weighted by Gasteiger charge is -2.14. The van der Waals surface area contributed by atoms with E-state index in [2.05, 4.69) is 15.6 Å². The summed E-state index contributed by atoms with van der Waals surface area (Å²) in [6.07, 6.45) is 2.34. The van der Waals surface area contributed by atoms with E-state index in [1.807, 2.05) is 24.3 Å². The average Bonchev–Trinajstić information content (AvgIpc) is 2.97. The summed E-state index contributed by atoms with van der Waals surface area (Å²) < 4.78 is 0. The maximum Gasteiger partial charge on any atom is 0.252 e. The number of carbonyl (C=O) groups excluding carboxylic acids is 1. The monoisotopic (exact) mass is 270 g/mol. The summed E-state index contributed by atoms with van der Waals surface area (Å²) in [6.45, 7) is 1.81. The first kappa shape index (κ1) is 12.9. The summed E-state index contributed by atoms with van der Waals surface area (Å²) in [6, 6.07) is 9.95. The second kappa shape index (κ2) is 5.46. The maximum absolute atomic E-state index is 11.6. The van der Waals surface area contributed by atoms with Gasteiger partial charge in [0.2, 0.25) is 0 Å². The Morgan fingerprint density at radius 3 is 3.05 bits per heavy atom. The molecule has 1 aromatic carbocycles. The molecule has 104 valence electrons. The van der Waals surface area contributed by atoms with Crippen LogP contribution in [0.4, 0.5) is 5.82 Å². The molecule has 20 heavy (non-hydrogen) atoms. The Morgan fingerprint density at radius 2 is 2.30 bits per heavy atom. The summed E-state index contributed by atoms with van der Waals surface area (Å²) in [7, 11) is 0. The van der Waals surface area contributed by atoms with Crippen LogP contribution in [-0.2, 0) is 0 Å². The Bertz CT molecular complexity index is 635.